The highest BCUT2D eigenvalue weighted by atomic mass is 79.9. The van der Waals surface area contributed by atoms with Crippen molar-refractivity contribution in [1.29, 1.82) is 0 Å². The van der Waals surface area contributed by atoms with E-state index in [9.17, 15) is 4.79 Å². The minimum Gasteiger partial charge on any atom is -0.293 e. The maximum atomic E-state index is 12.0. The molecule has 0 atom stereocenters. The van der Waals surface area contributed by atoms with Crippen LogP contribution in [0.15, 0.2) is 22.3 Å². The van der Waals surface area contributed by atoms with Crippen molar-refractivity contribution in [3.63, 3.8) is 0 Å². The number of carbonyl (C=O) groups excluding carboxylic acids is 1. The van der Waals surface area contributed by atoms with Crippen LogP contribution in [-0.2, 0) is 0 Å². The second-order valence-corrected chi connectivity index (χ2v) is 9.99. The normalized spacial score (nSPS) is 10.8. The predicted octanol–water partition coefficient (Wildman–Crippen LogP) is 4.82. The minimum absolute atomic E-state index is 0.0923. The van der Waals surface area contributed by atoms with E-state index in [1.165, 1.54) is 34.4 Å². The number of Topliss-reactive ketones (excluding diaryl/α,β-unsaturated/α-hetero) is 1. The molecule has 0 unspecified atom stereocenters. The first-order valence-electron chi connectivity index (χ1n) is 4.58. The van der Waals surface area contributed by atoms with Crippen LogP contribution in [0.4, 0.5) is 0 Å². The highest BCUT2D eigenvalue weighted by molar-refractivity contribution is 9.12. The van der Waals surface area contributed by atoms with Crippen LogP contribution in [0.1, 0.15) is 10.4 Å². The summed E-state index contributed by atoms with van der Waals surface area (Å²) >= 11 is 12.8. The van der Waals surface area contributed by atoms with Crippen LogP contribution in [0.2, 0.25) is 0 Å². The lowest BCUT2D eigenvalue weighted by atomic mass is 10.2. The highest BCUT2D eigenvalue weighted by Gasteiger charge is 2.15. The van der Waals surface area contributed by atoms with Gasteiger partial charge in [0.1, 0.15) is 0 Å². The van der Waals surface area contributed by atoms with Gasteiger partial charge in [-0.25, -0.2) is 0 Å². The Morgan fingerprint density at radius 2 is 2.06 bits per heavy atom. The van der Waals surface area contributed by atoms with Gasteiger partial charge in [-0.05, 0) is 44.2 Å². The molecule has 0 saturated heterocycles. The van der Waals surface area contributed by atoms with Gasteiger partial charge < -0.3 is 0 Å². The summed E-state index contributed by atoms with van der Waals surface area (Å²) in [6.07, 6.45) is 1.96. The van der Waals surface area contributed by atoms with E-state index in [2.05, 4.69) is 42.1 Å². The summed E-state index contributed by atoms with van der Waals surface area (Å²) in [5.74, 6) is 0.472. The number of thioether (sulfide) groups is 2. The number of nitrogens with zero attached hydrogens (tertiary/aromatic N) is 2. The molecule has 0 radical (unpaired) electrons. The minimum atomic E-state index is 0.0923. The molecule has 0 N–H and O–H groups in total. The lowest BCUT2D eigenvalue weighted by Crippen LogP contribution is -2.01. The van der Waals surface area contributed by atoms with E-state index in [1.54, 1.807) is 11.8 Å². The van der Waals surface area contributed by atoms with Crippen molar-refractivity contribution < 1.29 is 4.79 Å². The van der Waals surface area contributed by atoms with E-state index in [4.69, 9.17) is 0 Å². The molecule has 3 nitrogen and oxygen atoms in total. The summed E-state index contributed by atoms with van der Waals surface area (Å²) in [4.78, 5) is 12.0. The Morgan fingerprint density at radius 1 is 1.33 bits per heavy atom. The number of hydrogen-bond donors (Lipinski definition) is 0. The zero-order valence-electron chi connectivity index (χ0n) is 8.98. The first-order valence-corrected chi connectivity index (χ1v) is 10.0. The van der Waals surface area contributed by atoms with Crippen LogP contribution in [-0.4, -0.2) is 28.0 Å². The van der Waals surface area contributed by atoms with E-state index in [0.717, 1.165) is 16.3 Å². The predicted molar refractivity (Wildman–Crippen MR) is 86.5 cm³/mol. The number of halogens is 2. The molecule has 2 rings (SSSR count). The van der Waals surface area contributed by atoms with Crippen LogP contribution in [0, 0.1) is 0 Å². The van der Waals surface area contributed by atoms with E-state index in [-0.39, 0.29) is 5.78 Å². The number of aromatic nitrogens is 2. The summed E-state index contributed by atoms with van der Waals surface area (Å²) in [7, 11) is 0. The number of carbonyl (C=O) groups is 1. The summed E-state index contributed by atoms with van der Waals surface area (Å²) in [6, 6.07) is 1.84. The van der Waals surface area contributed by atoms with Crippen LogP contribution in [0.5, 0.6) is 0 Å². The molecule has 18 heavy (non-hydrogen) atoms. The maximum Gasteiger partial charge on any atom is 0.175 e. The van der Waals surface area contributed by atoms with Crippen LogP contribution >= 0.6 is 78.1 Å². The molecule has 0 aliphatic carbocycles. The van der Waals surface area contributed by atoms with Gasteiger partial charge in [0.05, 0.1) is 13.3 Å². The second kappa shape index (κ2) is 6.85. The van der Waals surface area contributed by atoms with Crippen molar-refractivity contribution >= 4 is 83.8 Å². The van der Waals surface area contributed by atoms with Gasteiger partial charge in [-0.2, -0.15) is 0 Å². The molecule has 0 amide bonds. The molecule has 0 aromatic carbocycles. The van der Waals surface area contributed by atoms with Crippen molar-refractivity contribution in [1.82, 2.24) is 10.2 Å². The average molecular weight is 446 g/mol. The summed E-state index contributed by atoms with van der Waals surface area (Å²) in [6.45, 7) is 0. The van der Waals surface area contributed by atoms with Crippen molar-refractivity contribution in [3.8, 4) is 0 Å². The molecule has 2 aromatic rings. The molecule has 0 bridgehead atoms. The molecule has 0 aliphatic rings. The third kappa shape index (κ3) is 3.80. The fourth-order valence-electron chi connectivity index (χ4n) is 1.07. The van der Waals surface area contributed by atoms with Gasteiger partial charge in [0.25, 0.3) is 0 Å². The van der Waals surface area contributed by atoms with Crippen molar-refractivity contribution in [2.24, 2.45) is 0 Å². The Balaban J connectivity index is 1.98. The average Bonchev–Trinajstić information content (AvgIpc) is 2.92. The molecule has 0 saturated carbocycles. The molecular weight excluding hydrogens is 440 g/mol. The Labute approximate surface area is 137 Å². The Bertz CT molecular complexity index is 569. The maximum absolute atomic E-state index is 12.0. The smallest absolute Gasteiger partial charge is 0.175 e. The van der Waals surface area contributed by atoms with Gasteiger partial charge in [-0.1, -0.05) is 34.9 Å². The zero-order chi connectivity index (χ0) is 13.1. The molecule has 0 aliphatic heterocycles. The van der Waals surface area contributed by atoms with E-state index < -0.39 is 0 Å². The van der Waals surface area contributed by atoms with Crippen molar-refractivity contribution in [2.75, 3.05) is 12.0 Å². The Hall–Kier alpha value is 0.590. The summed E-state index contributed by atoms with van der Waals surface area (Å²) in [5, 5.41) is 8.01. The first-order chi connectivity index (χ1) is 8.60. The fraction of sp³-hybridized carbons (Fsp3) is 0.222. The Kier molecular flexibility index (Phi) is 5.70. The molecule has 0 spiro atoms. The fourth-order valence-corrected chi connectivity index (χ4v) is 6.25. The van der Waals surface area contributed by atoms with Gasteiger partial charge >= 0.3 is 0 Å². The topological polar surface area (TPSA) is 42.9 Å². The zero-order valence-corrected chi connectivity index (χ0v) is 15.4. The quantitative estimate of drug-likeness (QED) is 0.487. The van der Waals surface area contributed by atoms with Crippen LogP contribution in [0.25, 0.3) is 0 Å². The van der Waals surface area contributed by atoms with Crippen LogP contribution in [0.3, 0.4) is 0 Å². The van der Waals surface area contributed by atoms with Crippen molar-refractivity contribution in [3.05, 3.63) is 19.2 Å². The third-order valence-corrected chi connectivity index (χ3v) is 7.22. The van der Waals surface area contributed by atoms with Gasteiger partial charge in [0.15, 0.2) is 14.5 Å². The molecule has 2 heterocycles. The Morgan fingerprint density at radius 3 is 2.61 bits per heavy atom. The third-order valence-electron chi connectivity index (χ3n) is 1.85. The number of thiophene rings is 1. The lowest BCUT2D eigenvalue weighted by Gasteiger charge is -1.96. The summed E-state index contributed by atoms with van der Waals surface area (Å²) in [5.41, 5.74) is 0.717. The standard InChI is InChI=1S/C9H6Br2N2OS4/c1-15-8-12-13-9(18-8)16-3-5(14)4-2-6(10)17-7(4)11/h2H,3H2,1H3. The molecule has 9 heteroatoms. The highest BCUT2D eigenvalue weighted by Crippen LogP contribution is 2.33. The molecular formula is C9H6Br2N2OS4. The first kappa shape index (κ1) is 15.0. The monoisotopic (exact) mass is 444 g/mol. The molecule has 96 valence electrons. The second-order valence-electron chi connectivity index (χ2n) is 2.99. The SMILES string of the molecule is CSc1nnc(SCC(=O)c2cc(Br)sc2Br)s1. The number of hydrogen-bond acceptors (Lipinski definition) is 7. The van der Waals surface area contributed by atoms with E-state index in [1.807, 2.05) is 12.3 Å². The van der Waals surface area contributed by atoms with E-state index >= 15 is 0 Å². The number of rotatable bonds is 5. The van der Waals surface area contributed by atoms with Gasteiger partial charge in [0.2, 0.25) is 0 Å². The molecule has 0 fully saturated rings. The van der Waals surface area contributed by atoms with Crippen LogP contribution < -0.4 is 0 Å². The van der Waals surface area contributed by atoms with Gasteiger partial charge in [-0.15, -0.1) is 21.5 Å². The van der Waals surface area contributed by atoms with Gasteiger partial charge in [0, 0.05) is 5.56 Å². The van der Waals surface area contributed by atoms with Crippen molar-refractivity contribution in [2.45, 2.75) is 8.68 Å². The van der Waals surface area contributed by atoms with E-state index in [0.29, 0.717) is 11.3 Å². The molecule has 2 aromatic heterocycles. The summed E-state index contributed by atoms with van der Waals surface area (Å²) < 4.78 is 3.56. The lowest BCUT2D eigenvalue weighted by molar-refractivity contribution is 0.102. The largest absolute Gasteiger partial charge is 0.293 e. The van der Waals surface area contributed by atoms with Gasteiger partial charge in [-0.3, -0.25) is 4.79 Å². The number of ketones is 1.